The van der Waals surface area contributed by atoms with Gasteiger partial charge in [0.05, 0.1) is 11.3 Å². The minimum atomic E-state index is -1.29. The maximum Gasteiger partial charge on any atom is 0.338 e. The van der Waals surface area contributed by atoms with Crippen molar-refractivity contribution in [3.05, 3.63) is 40.7 Å². The predicted molar refractivity (Wildman–Crippen MR) is 79.3 cm³/mol. The molecule has 0 unspecified atom stereocenters. The number of benzene rings is 1. The number of thiazole rings is 1. The number of hydrogen-bond acceptors (Lipinski definition) is 5. The van der Waals surface area contributed by atoms with Gasteiger partial charge in [0.1, 0.15) is 5.82 Å². The summed E-state index contributed by atoms with van der Waals surface area (Å²) in [4.78, 5) is 26.6. The smallest absolute Gasteiger partial charge is 0.338 e. The molecule has 1 amide bonds. The summed E-state index contributed by atoms with van der Waals surface area (Å²) in [5, 5.41) is 13.8. The number of carboxylic acids is 1. The molecule has 0 fully saturated rings. The second-order valence-electron chi connectivity index (χ2n) is 4.06. The van der Waals surface area contributed by atoms with Crippen molar-refractivity contribution in [1.29, 1.82) is 0 Å². The Morgan fingerprint density at radius 1 is 1.48 bits per heavy atom. The van der Waals surface area contributed by atoms with Gasteiger partial charge in [0.15, 0.2) is 5.13 Å². The van der Waals surface area contributed by atoms with Gasteiger partial charge in [-0.25, -0.2) is 14.2 Å². The van der Waals surface area contributed by atoms with Gasteiger partial charge in [-0.2, -0.15) is 0 Å². The number of hydrogen-bond donors (Lipinski definition) is 2. The molecule has 2 N–H and O–H groups in total. The van der Waals surface area contributed by atoms with E-state index in [4.69, 9.17) is 5.11 Å². The van der Waals surface area contributed by atoms with Gasteiger partial charge in [-0.3, -0.25) is 4.79 Å². The van der Waals surface area contributed by atoms with E-state index in [9.17, 15) is 14.0 Å². The van der Waals surface area contributed by atoms with Crippen LogP contribution >= 0.6 is 23.1 Å². The van der Waals surface area contributed by atoms with Crippen LogP contribution in [0.5, 0.6) is 0 Å². The van der Waals surface area contributed by atoms with E-state index in [1.54, 1.807) is 5.38 Å². The molecule has 1 heterocycles. The number of carboxylic acid groups (broad SMARTS) is 1. The number of rotatable bonds is 5. The zero-order chi connectivity index (χ0) is 15.4. The van der Waals surface area contributed by atoms with Gasteiger partial charge in [0, 0.05) is 23.0 Å². The molecule has 0 atom stereocenters. The minimum Gasteiger partial charge on any atom is -0.478 e. The van der Waals surface area contributed by atoms with Crippen molar-refractivity contribution >= 4 is 40.1 Å². The van der Waals surface area contributed by atoms with Crippen molar-refractivity contribution in [2.75, 3.05) is 5.32 Å². The van der Waals surface area contributed by atoms with E-state index in [-0.39, 0.29) is 11.5 Å². The van der Waals surface area contributed by atoms with Crippen LogP contribution in [-0.4, -0.2) is 22.0 Å². The highest BCUT2D eigenvalue weighted by atomic mass is 32.2. The summed E-state index contributed by atoms with van der Waals surface area (Å²) >= 11 is 2.66. The molecule has 0 aliphatic carbocycles. The van der Waals surface area contributed by atoms with Crippen LogP contribution in [0.15, 0.2) is 28.5 Å². The van der Waals surface area contributed by atoms with Gasteiger partial charge in [-0.15, -0.1) is 23.1 Å². The molecule has 0 bridgehead atoms. The van der Waals surface area contributed by atoms with Crippen LogP contribution < -0.4 is 5.32 Å². The molecule has 0 saturated heterocycles. The van der Waals surface area contributed by atoms with E-state index in [0.717, 1.165) is 11.8 Å². The number of carbonyl (C=O) groups excluding carboxylic acids is 1. The molecule has 2 aromatic rings. The number of thioether (sulfide) groups is 1. The fourth-order valence-electron chi connectivity index (χ4n) is 1.50. The monoisotopic (exact) mass is 326 g/mol. The molecule has 1 aromatic heterocycles. The summed E-state index contributed by atoms with van der Waals surface area (Å²) in [5.41, 5.74) is 0.409. The number of halogens is 1. The van der Waals surface area contributed by atoms with Crippen LogP contribution in [0.2, 0.25) is 0 Å². The van der Waals surface area contributed by atoms with Crippen LogP contribution in [0.1, 0.15) is 23.0 Å². The third-order valence-corrected chi connectivity index (χ3v) is 4.22. The highest BCUT2D eigenvalue weighted by Crippen LogP contribution is 2.26. The van der Waals surface area contributed by atoms with Gasteiger partial charge in [-0.05, 0) is 18.2 Å². The number of aromatic carboxylic acids is 1. The molecule has 110 valence electrons. The second-order valence-corrected chi connectivity index (χ2v) is 5.97. The summed E-state index contributed by atoms with van der Waals surface area (Å²) in [7, 11) is 0. The summed E-state index contributed by atoms with van der Waals surface area (Å²) in [5.74, 6) is -1.74. The van der Waals surface area contributed by atoms with E-state index >= 15 is 0 Å². The number of amides is 1. The Labute approximate surface area is 128 Å². The molecule has 2 rings (SSSR count). The molecule has 1 aromatic carbocycles. The molecule has 5 nitrogen and oxygen atoms in total. The maximum absolute atomic E-state index is 13.3. The first-order valence-corrected chi connectivity index (χ1v) is 7.70. The Bertz CT molecular complexity index is 688. The fourth-order valence-corrected chi connectivity index (χ4v) is 3.19. The van der Waals surface area contributed by atoms with Gasteiger partial charge < -0.3 is 10.4 Å². The summed E-state index contributed by atoms with van der Waals surface area (Å²) < 4.78 is 13.3. The number of anilines is 1. The Morgan fingerprint density at radius 2 is 2.24 bits per heavy atom. The van der Waals surface area contributed by atoms with Crippen molar-refractivity contribution < 1.29 is 19.1 Å². The lowest BCUT2D eigenvalue weighted by molar-refractivity contribution is -0.114. The first-order chi connectivity index (χ1) is 9.95. The second kappa shape index (κ2) is 6.68. The van der Waals surface area contributed by atoms with E-state index in [0.29, 0.717) is 15.8 Å². The minimum absolute atomic E-state index is 0.187. The Hall–Kier alpha value is -1.93. The van der Waals surface area contributed by atoms with E-state index in [2.05, 4.69) is 10.3 Å². The maximum atomic E-state index is 13.3. The first-order valence-electron chi connectivity index (χ1n) is 5.83. The number of nitrogens with one attached hydrogen (secondary N) is 1. The summed E-state index contributed by atoms with van der Waals surface area (Å²) in [6.45, 7) is 1.40. The molecular weight excluding hydrogens is 315 g/mol. The van der Waals surface area contributed by atoms with Gasteiger partial charge in [0.2, 0.25) is 5.91 Å². The lowest BCUT2D eigenvalue weighted by Gasteiger charge is -2.02. The number of aromatic nitrogens is 1. The van der Waals surface area contributed by atoms with Crippen molar-refractivity contribution in [3.63, 3.8) is 0 Å². The topological polar surface area (TPSA) is 79.3 Å². The molecule has 0 spiro atoms. The summed E-state index contributed by atoms with van der Waals surface area (Å²) in [6.07, 6.45) is 0. The molecule has 0 aliphatic heterocycles. The Balaban J connectivity index is 2.03. The zero-order valence-corrected chi connectivity index (χ0v) is 12.6. The molecular formula is C13H11FN2O3S2. The van der Waals surface area contributed by atoms with E-state index in [1.165, 1.54) is 42.2 Å². The van der Waals surface area contributed by atoms with E-state index < -0.39 is 11.8 Å². The van der Waals surface area contributed by atoms with Gasteiger partial charge in [-0.1, -0.05) is 0 Å². The van der Waals surface area contributed by atoms with Crippen molar-refractivity contribution in [1.82, 2.24) is 4.98 Å². The largest absolute Gasteiger partial charge is 0.478 e. The lowest BCUT2D eigenvalue weighted by atomic mass is 10.2. The van der Waals surface area contributed by atoms with Crippen LogP contribution in [0.4, 0.5) is 9.52 Å². The van der Waals surface area contributed by atoms with Crippen molar-refractivity contribution in [2.45, 2.75) is 17.6 Å². The number of nitrogens with zero attached hydrogens (tertiary/aromatic N) is 1. The highest BCUT2D eigenvalue weighted by molar-refractivity contribution is 7.98. The average molecular weight is 326 g/mol. The summed E-state index contributed by atoms with van der Waals surface area (Å²) in [6, 6.07) is 3.95. The Morgan fingerprint density at radius 3 is 2.90 bits per heavy atom. The predicted octanol–water partition coefficient (Wildman–Crippen LogP) is 3.23. The first kappa shape index (κ1) is 15.5. The standard InChI is InChI=1S/C13H11FN2O3S2/c1-7(17)15-13-16-8(6-21-13)5-20-9-2-3-11(14)10(4-9)12(18)19/h2-4,6H,5H2,1H3,(H,18,19)(H,15,16,17). The van der Waals surface area contributed by atoms with E-state index in [1.807, 2.05) is 0 Å². The third-order valence-electron chi connectivity index (χ3n) is 2.39. The molecule has 21 heavy (non-hydrogen) atoms. The third kappa shape index (κ3) is 4.27. The average Bonchev–Trinajstić information content (AvgIpc) is 2.84. The highest BCUT2D eigenvalue weighted by Gasteiger charge is 2.11. The Kier molecular flexibility index (Phi) is 4.92. The SMILES string of the molecule is CC(=O)Nc1nc(CSc2ccc(F)c(C(=O)O)c2)cs1. The lowest BCUT2D eigenvalue weighted by Crippen LogP contribution is -2.05. The molecule has 8 heteroatoms. The number of carbonyl (C=O) groups is 2. The van der Waals surface area contributed by atoms with Gasteiger partial charge in [0.25, 0.3) is 0 Å². The van der Waals surface area contributed by atoms with Crippen LogP contribution in [0.25, 0.3) is 0 Å². The molecule has 0 saturated carbocycles. The molecule has 0 aliphatic rings. The van der Waals surface area contributed by atoms with Crippen molar-refractivity contribution in [2.24, 2.45) is 0 Å². The molecule has 0 radical (unpaired) electrons. The zero-order valence-electron chi connectivity index (χ0n) is 10.9. The quantitative estimate of drug-likeness (QED) is 0.825. The van der Waals surface area contributed by atoms with Gasteiger partial charge >= 0.3 is 5.97 Å². The normalized spacial score (nSPS) is 10.4. The van der Waals surface area contributed by atoms with Crippen LogP contribution in [0.3, 0.4) is 0 Å². The van der Waals surface area contributed by atoms with Crippen LogP contribution in [-0.2, 0) is 10.5 Å². The van der Waals surface area contributed by atoms with Crippen LogP contribution in [0, 0.1) is 5.82 Å². The van der Waals surface area contributed by atoms with Crippen molar-refractivity contribution in [3.8, 4) is 0 Å². The fraction of sp³-hybridized carbons (Fsp3) is 0.154.